The highest BCUT2D eigenvalue weighted by molar-refractivity contribution is 5.81. The van der Waals surface area contributed by atoms with Gasteiger partial charge in [0.15, 0.2) is 5.65 Å². The van der Waals surface area contributed by atoms with Crippen molar-refractivity contribution in [3.05, 3.63) is 28.7 Å². The number of hydrogen-bond acceptors (Lipinski definition) is 4. The third-order valence-corrected chi connectivity index (χ3v) is 7.35. The molecule has 5 rings (SSSR count). The van der Waals surface area contributed by atoms with Gasteiger partial charge in [0.25, 0.3) is 0 Å². The lowest BCUT2D eigenvalue weighted by Gasteiger charge is -2.15. The van der Waals surface area contributed by atoms with E-state index in [1.165, 1.54) is 12.8 Å². The van der Waals surface area contributed by atoms with Crippen molar-refractivity contribution < 1.29 is 9.59 Å². The fraction of sp³-hybridized carbons (Fsp3) is 0.667. The first-order valence-corrected chi connectivity index (χ1v) is 11.9. The van der Waals surface area contributed by atoms with Crippen LogP contribution in [0.25, 0.3) is 5.65 Å². The molecule has 166 valence electrons. The standard InChI is InChI=1S/C24H33N5O2/c1-15-20(9-10-23(30)26-19-5-3-4-6-19)16(2)29-22(25-15)13-21(27-29)18-11-12-28(14-18)24(31)17-7-8-17/h13,17-19H,3-12,14H2,1-2H3,(H,26,30)/t18-/m1/s1. The maximum absolute atomic E-state index is 12.4. The molecule has 2 aromatic heterocycles. The van der Waals surface area contributed by atoms with Crippen LogP contribution in [0.4, 0.5) is 0 Å². The van der Waals surface area contributed by atoms with Gasteiger partial charge in [0.2, 0.25) is 11.8 Å². The Morgan fingerprint density at radius 2 is 1.90 bits per heavy atom. The van der Waals surface area contributed by atoms with Crippen LogP contribution >= 0.6 is 0 Å². The lowest BCUT2D eigenvalue weighted by molar-refractivity contribution is -0.131. The summed E-state index contributed by atoms with van der Waals surface area (Å²) in [5.41, 5.74) is 5.03. The Labute approximate surface area is 183 Å². The molecule has 2 saturated carbocycles. The first kappa shape index (κ1) is 20.5. The van der Waals surface area contributed by atoms with Crippen LogP contribution in [0.5, 0.6) is 0 Å². The molecule has 0 radical (unpaired) electrons. The van der Waals surface area contributed by atoms with Gasteiger partial charge in [-0.2, -0.15) is 5.10 Å². The number of aromatic nitrogens is 3. The van der Waals surface area contributed by atoms with Crippen molar-refractivity contribution in [1.29, 1.82) is 0 Å². The van der Waals surface area contributed by atoms with Gasteiger partial charge in [-0.1, -0.05) is 12.8 Å². The van der Waals surface area contributed by atoms with E-state index >= 15 is 0 Å². The zero-order valence-corrected chi connectivity index (χ0v) is 18.7. The normalized spacial score (nSPS) is 21.9. The van der Waals surface area contributed by atoms with Crippen molar-refractivity contribution in [2.45, 2.75) is 83.6 Å². The number of nitrogens with one attached hydrogen (secondary N) is 1. The minimum atomic E-state index is 0.137. The molecule has 0 unspecified atom stereocenters. The Morgan fingerprint density at radius 1 is 1.13 bits per heavy atom. The lowest BCUT2D eigenvalue weighted by Crippen LogP contribution is -2.32. The second-order valence-electron chi connectivity index (χ2n) is 9.69. The number of amides is 2. The summed E-state index contributed by atoms with van der Waals surface area (Å²) in [7, 11) is 0. The van der Waals surface area contributed by atoms with Gasteiger partial charge >= 0.3 is 0 Å². The quantitative estimate of drug-likeness (QED) is 0.774. The lowest BCUT2D eigenvalue weighted by atomic mass is 10.1. The largest absolute Gasteiger partial charge is 0.353 e. The van der Waals surface area contributed by atoms with E-state index in [1.807, 2.05) is 16.3 Å². The molecule has 7 nitrogen and oxygen atoms in total. The summed E-state index contributed by atoms with van der Waals surface area (Å²) in [4.78, 5) is 31.6. The molecule has 3 heterocycles. The predicted octanol–water partition coefficient (Wildman–Crippen LogP) is 3.06. The molecule has 3 aliphatic rings. The Kier molecular flexibility index (Phi) is 5.44. The van der Waals surface area contributed by atoms with Gasteiger partial charge in [-0.05, 0) is 57.9 Å². The average Bonchev–Trinajstić information content (AvgIpc) is 3.12. The number of nitrogens with zero attached hydrogens (tertiary/aromatic N) is 4. The SMILES string of the molecule is Cc1nc2cc([C@@H]3CCN(C(=O)C4CC4)C3)nn2c(C)c1CCC(=O)NC1CCCC1. The Hall–Kier alpha value is -2.44. The van der Waals surface area contributed by atoms with Crippen LogP contribution in [0, 0.1) is 19.8 Å². The fourth-order valence-electron chi connectivity index (χ4n) is 5.30. The van der Waals surface area contributed by atoms with Crippen molar-refractivity contribution >= 4 is 17.5 Å². The zero-order chi connectivity index (χ0) is 21.5. The summed E-state index contributed by atoms with van der Waals surface area (Å²) in [6.45, 7) is 5.70. The molecule has 3 fully saturated rings. The van der Waals surface area contributed by atoms with Gasteiger partial charge < -0.3 is 10.2 Å². The van der Waals surface area contributed by atoms with E-state index in [1.54, 1.807) is 0 Å². The molecule has 7 heteroatoms. The molecule has 0 aromatic carbocycles. The van der Waals surface area contributed by atoms with Crippen LogP contribution in [0.15, 0.2) is 6.07 Å². The van der Waals surface area contributed by atoms with Gasteiger partial charge in [-0.15, -0.1) is 0 Å². The minimum absolute atomic E-state index is 0.137. The summed E-state index contributed by atoms with van der Waals surface area (Å²) in [6.07, 6.45) is 8.90. The van der Waals surface area contributed by atoms with Crippen molar-refractivity contribution in [3.63, 3.8) is 0 Å². The molecule has 1 N–H and O–H groups in total. The molecule has 0 bridgehead atoms. The summed E-state index contributed by atoms with van der Waals surface area (Å²) in [5, 5.41) is 8.05. The van der Waals surface area contributed by atoms with E-state index in [0.29, 0.717) is 24.8 Å². The topological polar surface area (TPSA) is 79.6 Å². The van der Waals surface area contributed by atoms with Gasteiger partial charge in [0, 0.05) is 54.8 Å². The van der Waals surface area contributed by atoms with Crippen LogP contribution in [0.3, 0.4) is 0 Å². The second-order valence-corrected chi connectivity index (χ2v) is 9.69. The highest BCUT2D eigenvalue weighted by Gasteiger charge is 2.37. The minimum Gasteiger partial charge on any atom is -0.353 e. The molecule has 2 aromatic rings. The van der Waals surface area contributed by atoms with Crippen molar-refractivity contribution in [2.24, 2.45) is 5.92 Å². The van der Waals surface area contributed by atoms with Gasteiger partial charge in [-0.3, -0.25) is 9.59 Å². The highest BCUT2D eigenvalue weighted by atomic mass is 16.2. The Bertz CT molecular complexity index is 1000. The summed E-state index contributed by atoms with van der Waals surface area (Å²) in [5.74, 6) is 1.03. The van der Waals surface area contributed by atoms with Crippen molar-refractivity contribution in [3.8, 4) is 0 Å². The second kappa shape index (κ2) is 8.24. The van der Waals surface area contributed by atoms with Crippen LogP contribution in [-0.2, 0) is 16.0 Å². The number of carbonyl (C=O) groups excluding carboxylic acids is 2. The third-order valence-electron chi connectivity index (χ3n) is 7.35. The van der Waals surface area contributed by atoms with Crippen LogP contribution in [-0.4, -0.2) is 50.4 Å². The van der Waals surface area contributed by atoms with Gasteiger partial charge in [0.05, 0.1) is 5.69 Å². The molecule has 1 saturated heterocycles. The van der Waals surface area contributed by atoms with E-state index in [2.05, 4.69) is 18.3 Å². The summed E-state index contributed by atoms with van der Waals surface area (Å²) < 4.78 is 1.93. The molecular weight excluding hydrogens is 390 g/mol. The van der Waals surface area contributed by atoms with E-state index in [-0.39, 0.29) is 17.7 Å². The molecule has 2 amide bonds. The summed E-state index contributed by atoms with van der Waals surface area (Å²) in [6, 6.07) is 2.44. The number of carbonyl (C=O) groups is 2. The average molecular weight is 424 g/mol. The maximum Gasteiger partial charge on any atom is 0.225 e. The number of fused-ring (bicyclic) bond motifs is 1. The Morgan fingerprint density at radius 3 is 2.65 bits per heavy atom. The molecular formula is C24H33N5O2. The molecule has 1 atom stereocenters. The molecule has 1 aliphatic heterocycles. The number of likely N-dealkylation sites (tertiary alicyclic amines) is 1. The monoisotopic (exact) mass is 423 g/mol. The number of rotatable bonds is 6. The van der Waals surface area contributed by atoms with Crippen LogP contribution in [0.1, 0.15) is 79.9 Å². The van der Waals surface area contributed by atoms with E-state index < -0.39 is 0 Å². The molecule has 31 heavy (non-hydrogen) atoms. The van der Waals surface area contributed by atoms with Crippen LogP contribution < -0.4 is 5.32 Å². The molecule has 0 spiro atoms. The number of aryl methyl sites for hydroxylation is 2. The fourth-order valence-corrected chi connectivity index (χ4v) is 5.30. The first-order chi connectivity index (χ1) is 15.0. The maximum atomic E-state index is 12.4. The zero-order valence-electron chi connectivity index (χ0n) is 18.7. The van der Waals surface area contributed by atoms with Crippen LogP contribution in [0.2, 0.25) is 0 Å². The first-order valence-electron chi connectivity index (χ1n) is 11.9. The van der Waals surface area contributed by atoms with E-state index in [4.69, 9.17) is 10.1 Å². The molecule has 2 aliphatic carbocycles. The smallest absolute Gasteiger partial charge is 0.225 e. The van der Waals surface area contributed by atoms with Crippen molar-refractivity contribution in [2.75, 3.05) is 13.1 Å². The van der Waals surface area contributed by atoms with Crippen molar-refractivity contribution in [1.82, 2.24) is 24.8 Å². The predicted molar refractivity (Wildman–Crippen MR) is 118 cm³/mol. The van der Waals surface area contributed by atoms with Gasteiger partial charge in [0.1, 0.15) is 0 Å². The van der Waals surface area contributed by atoms with E-state index in [0.717, 1.165) is 73.5 Å². The van der Waals surface area contributed by atoms with E-state index in [9.17, 15) is 9.59 Å². The number of hydrogen-bond donors (Lipinski definition) is 1. The highest BCUT2D eigenvalue weighted by Crippen LogP contribution is 2.35. The summed E-state index contributed by atoms with van der Waals surface area (Å²) >= 11 is 0. The van der Waals surface area contributed by atoms with Gasteiger partial charge in [-0.25, -0.2) is 9.50 Å². The Balaban J connectivity index is 1.28. The third kappa shape index (κ3) is 4.19.